The summed E-state index contributed by atoms with van der Waals surface area (Å²) >= 11 is 0. The van der Waals surface area contributed by atoms with Gasteiger partial charge in [0.25, 0.3) is 5.89 Å². The third kappa shape index (κ3) is 2.89. The van der Waals surface area contributed by atoms with Crippen LogP contribution in [0.4, 0.5) is 0 Å². The minimum absolute atomic E-state index is 0.167. The molecule has 1 aliphatic rings. The Kier molecular flexibility index (Phi) is 4.08. The van der Waals surface area contributed by atoms with E-state index in [1.807, 2.05) is 30.3 Å². The summed E-state index contributed by atoms with van der Waals surface area (Å²) < 4.78 is 5.31. The van der Waals surface area contributed by atoms with E-state index in [9.17, 15) is 0 Å². The van der Waals surface area contributed by atoms with Crippen LogP contribution >= 0.6 is 0 Å². The SMILES string of the molecule is OCCN(Cc1noc(-c2ccccc2)n1)C1CCC1. The first-order chi connectivity index (χ1) is 9.86. The van der Waals surface area contributed by atoms with Gasteiger partial charge in [-0.05, 0) is 25.0 Å². The van der Waals surface area contributed by atoms with Crippen LogP contribution in [-0.2, 0) is 6.54 Å². The maximum Gasteiger partial charge on any atom is 0.257 e. The van der Waals surface area contributed by atoms with Crippen molar-refractivity contribution >= 4 is 0 Å². The fraction of sp³-hybridized carbons (Fsp3) is 0.467. The van der Waals surface area contributed by atoms with E-state index in [4.69, 9.17) is 9.63 Å². The lowest BCUT2D eigenvalue weighted by Gasteiger charge is -2.36. The molecule has 5 nitrogen and oxygen atoms in total. The molecule has 1 saturated carbocycles. The lowest BCUT2D eigenvalue weighted by Crippen LogP contribution is -2.41. The molecule has 1 aliphatic carbocycles. The van der Waals surface area contributed by atoms with E-state index in [0.29, 0.717) is 30.8 Å². The van der Waals surface area contributed by atoms with Crippen LogP contribution in [0.25, 0.3) is 11.5 Å². The van der Waals surface area contributed by atoms with Gasteiger partial charge in [0, 0.05) is 18.2 Å². The molecule has 0 radical (unpaired) electrons. The predicted molar refractivity (Wildman–Crippen MR) is 74.9 cm³/mol. The third-order valence-electron chi connectivity index (χ3n) is 3.81. The summed E-state index contributed by atoms with van der Waals surface area (Å²) in [6, 6.07) is 10.3. The van der Waals surface area contributed by atoms with E-state index in [-0.39, 0.29) is 6.61 Å². The molecule has 20 heavy (non-hydrogen) atoms. The van der Waals surface area contributed by atoms with E-state index < -0.39 is 0 Å². The van der Waals surface area contributed by atoms with Crippen molar-refractivity contribution in [3.63, 3.8) is 0 Å². The smallest absolute Gasteiger partial charge is 0.257 e. The minimum atomic E-state index is 0.167. The zero-order chi connectivity index (χ0) is 13.8. The van der Waals surface area contributed by atoms with Crippen molar-refractivity contribution in [2.45, 2.75) is 31.8 Å². The lowest BCUT2D eigenvalue weighted by molar-refractivity contribution is 0.0912. The summed E-state index contributed by atoms with van der Waals surface area (Å²) in [5.41, 5.74) is 0.934. The van der Waals surface area contributed by atoms with E-state index in [0.717, 1.165) is 5.56 Å². The summed E-state index contributed by atoms with van der Waals surface area (Å²) in [7, 11) is 0. The highest BCUT2D eigenvalue weighted by Crippen LogP contribution is 2.26. The van der Waals surface area contributed by atoms with Crippen molar-refractivity contribution in [3.8, 4) is 11.5 Å². The molecular formula is C15H19N3O2. The van der Waals surface area contributed by atoms with Gasteiger partial charge in [0.2, 0.25) is 0 Å². The molecule has 1 aromatic carbocycles. The van der Waals surface area contributed by atoms with Crippen LogP contribution in [0.15, 0.2) is 34.9 Å². The van der Waals surface area contributed by atoms with Gasteiger partial charge in [-0.25, -0.2) is 0 Å². The van der Waals surface area contributed by atoms with Gasteiger partial charge in [-0.15, -0.1) is 0 Å². The normalized spacial score (nSPS) is 15.5. The highest BCUT2D eigenvalue weighted by atomic mass is 16.5. The molecule has 106 valence electrons. The third-order valence-corrected chi connectivity index (χ3v) is 3.81. The van der Waals surface area contributed by atoms with Crippen LogP contribution in [0.5, 0.6) is 0 Å². The standard InChI is InChI=1S/C15H19N3O2/c19-10-9-18(13-7-4-8-13)11-14-16-15(20-17-14)12-5-2-1-3-6-12/h1-3,5-6,13,19H,4,7-11H2. The number of rotatable bonds is 6. The maximum atomic E-state index is 9.16. The number of aliphatic hydroxyl groups excluding tert-OH is 1. The molecule has 5 heteroatoms. The molecule has 0 bridgehead atoms. The molecule has 1 fully saturated rings. The topological polar surface area (TPSA) is 62.4 Å². The lowest BCUT2D eigenvalue weighted by atomic mass is 9.91. The number of nitrogens with zero attached hydrogens (tertiary/aromatic N) is 3. The zero-order valence-electron chi connectivity index (χ0n) is 11.4. The van der Waals surface area contributed by atoms with Gasteiger partial charge in [0.05, 0.1) is 13.2 Å². The Morgan fingerprint density at radius 1 is 1.25 bits per heavy atom. The molecule has 0 saturated heterocycles. The average Bonchev–Trinajstić information content (AvgIpc) is 2.87. The maximum absolute atomic E-state index is 9.16. The average molecular weight is 273 g/mol. The highest BCUT2D eigenvalue weighted by Gasteiger charge is 2.25. The van der Waals surface area contributed by atoms with Gasteiger partial charge in [-0.3, -0.25) is 4.90 Å². The summed E-state index contributed by atoms with van der Waals surface area (Å²) in [6.45, 7) is 1.47. The molecule has 2 aromatic rings. The van der Waals surface area contributed by atoms with Crippen molar-refractivity contribution in [3.05, 3.63) is 36.2 Å². The molecule has 3 rings (SSSR count). The predicted octanol–water partition coefficient (Wildman–Crippen LogP) is 2.08. The zero-order valence-corrected chi connectivity index (χ0v) is 11.4. The molecule has 1 aromatic heterocycles. The number of aliphatic hydroxyl groups is 1. The van der Waals surface area contributed by atoms with Gasteiger partial charge in [-0.2, -0.15) is 4.98 Å². The van der Waals surface area contributed by atoms with E-state index >= 15 is 0 Å². The quantitative estimate of drug-likeness (QED) is 0.873. The number of hydrogen-bond donors (Lipinski definition) is 1. The molecule has 1 heterocycles. The molecule has 0 unspecified atom stereocenters. The van der Waals surface area contributed by atoms with Gasteiger partial charge < -0.3 is 9.63 Å². The van der Waals surface area contributed by atoms with Crippen LogP contribution in [0.2, 0.25) is 0 Å². The molecule has 0 amide bonds. The van der Waals surface area contributed by atoms with Crippen molar-refractivity contribution in [1.82, 2.24) is 15.0 Å². The van der Waals surface area contributed by atoms with Crippen molar-refractivity contribution in [2.75, 3.05) is 13.2 Å². The Labute approximate surface area is 118 Å². The van der Waals surface area contributed by atoms with Crippen molar-refractivity contribution < 1.29 is 9.63 Å². The van der Waals surface area contributed by atoms with Crippen LogP contribution in [-0.4, -0.2) is 39.3 Å². The highest BCUT2D eigenvalue weighted by molar-refractivity contribution is 5.51. The summed E-state index contributed by atoms with van der Waals surface area (Å²) in [4.78, 5) is 6.68. The Morgan fingerprint density at radius 2 is 2.05 bits per heavy atom. The summed E-state index contributed by atoms with van der Waals surface area (Å²) in [5, 5.41) is 13.2. The second kappa shape index (κ2) is 6.15. The van der Waals surface area contributed by atoms with Gasteiger partial charge in [0.1, 0.15) is 0 Å². The van der Waals surface area contributed by atoms with Crippen LogP contribution in [0.1, 0.15) is 25.1 Å². The van der Waals surface area contributed by atoms with Crippen LogP contribution in [0, 0.1) is 0 Å². The number of hydrogen-bond acceptors (Lipinski definition) is 5. The Morgan fingerprint density at radius 3 is 2.70 bits per heavy atom. The van der Waals surface area contributed by atoms with Crippen LogP contribution in [0.3, 0.4) is 0 Å². The first kappa shape index (κ1) is 13.3. The molecule has 0 aliphatic heterocycles. The Bertz CT molecular complexity index is 537. The van der Waals surface area contributed by atoms with E-state index in [1.165, 1.54) is 19.3 Å². The molecule has 0 spiro atoms. The summed E-state index contributed by atoms with van der Waals surface area (Å²) in [5.74, 6) is 1.24. The summed E-state index contributed by atoms with van der Waals surface area (Å²) in [6.07, 6.45) is 3.67. The second-order valence-electron chi connectivity index (χ2n) is 5.16. The van der Waals surface area contributed by atoms with Crippen molar-refractivity contribution in [2.24, 2.45) is 0 Å². The fourth-order valence-corrected chi connectivity index (χ4v) is 2.47. The van der Waals surface area contributed by atoms with Gasteiger partial charge in [-0.1, -0.05) is 29.8 Å². The minimum Gasteiger partial charge on any atom is -0.395 e. The molecule has 1 N–H and O–H groups in total. The Balaban J connectivity index is 1.69. The Hall–Kier alpha value is -1.72. The molecular weight excluding hydrogens is 254 g/mol. The van der Waals surface area contributed by atoms with Crippen molar-refractivity contribution in [1.29, 1.82) is 0 Å². The number of aromatic nitrogens is 2. The number of benzene rings is 1. The van der Waals surface area contributed by atoms with Crippen LogP contribution < -0.4 is 0 Å². The van der Waals surface area contributed by atoms with Gasteiger partial charge >= 0.3 is 0 Å². The van der Waals surface area contributed by atoms with Gasteiger partial charge in [0.15, 0.2) is 5.82 Å². The molecule has 0 atom stereocenters. The first-order valence-corrected chi connectivity index (χ1v) is 7.10. The first-order valence-electron chi connectivity index (χ1n) is 7.10. The largest absolute Gasteiger partial charge is 0.395 e. The van der Waals surface area contributed by atoms with E-state index in [1.54, 1.807) is 0 Å². The van der Waals surface area contributed by atoms with E-state index in [2.05, 4.69) is 15.0 Å². The fourth-order valence-electron chi connectivity index (χ4n) is 2.47. The monoisotopic (exact) mass is 273 g/mol. The second-order valence-corrected chi connectivity index (χ2v) is 5.16.